The fraction of sp³-hybridized carbons (Fsp3) is 0.0769. The predicted molar refractivity (Wildman–Crippen MR) is 90.6 cm³/mol. The van der Waals surface area contributed by atoms with E-state index in [0.717, 1.165) is 3.57 Å². The quantitative estimate of drug-likeness (QED) is 0.586. The van der Waals surface area contributed by atoms with E-state index in [1.165, 1.54) is 12.1 Å². The highest BCUT2D eigenvalue weighted by molar-refractivity contribution is 14.1. The summed E-state index contributed by atoms with van der Waals surface area (Å²) in [5, 5.41) is 0.373. The Morgan fingerprint density at radius 1 is 1.25 bits per heavy atom. The summed E-state index contributed by atoms with van der Waals surface area (Å²) in [5.74, 6) is 0. The molecule has 0 atom stereocenters. The lowest BCUT2D eigenvalue weighted by atomic mass is 10.2. The predicted octanol–water partition coefficient (Wildman–Crippen LogP) is 3.64. The molecule has 7 heteroatoms. The number of para-hydroxylation sites is 1. The minimum atomic E-state index is -3.69. The number of hydrogen-bond acceptors (Lipinski definition) is 3. The van der Waals surface area contributed by atoms with Gasteiger partial charge in [-0.3, -0.25) is 4.72 Å². The normalized spacial score (nSPS) is 11.3. The first-order chi connectivity index (χ1) is 9.31. The van der Waals surface area contributed by atoms with Gasteiger partial charge < -0.3 is 5.73 Å². The van der Waals surface area contributed by atoms with Gasteiger partial charge in [-0.05, 0) is 59.3 Å². The zero-order chi connectivity index (χ0) is 14.9. The second-order valence-electron chi connectivity index (χ2n) is 4.23. The Bertz CT molecular complexity index is 740. The van der Waals surface area contributed by atoms with Gasteiger partial charge in [0.05, 0.1) is 21.3 Å². The third kappa shape index (κ3) is 3.18. The molecule has 106 valence electrons. The SMILES string of the molecule is Cc1cc(S(=O)(=O)Nc2ccccc2I)cc(N)c1Cl. The molecule has 0 saturated carbocycles. The molecule has 0 aliphatic rings. The van der Waals surface area contributed by atoms with E-state index >= 15 is 0 Å². The maximum atomic E-state index is 12.4. The first kappa shape index (κ1) is 15.4. The third-order valence-corrected chi connectivity index (χ3v) is 5.49. The van der Waals surface area contributed by atoms with Crippen molar-refractivity contribution in [2.45, 2.75) is 11.8 Å². The Hall–Kier alpha value is -0.990. The Balaban J connectivity index is 2.44. The van der Waals surface area contributed by atoms with E-state index in [4.69, 9.17) is 17.3 Å². The Morgan fingerprint density at radius 2 is 1.90 bits per heavy atom. The molecule has 3 N–H and O–H groups in total. The fourth-order valence-electron chi connectivity index (χ4n) is 1.67. The summed E-state index contributed by atoms with van der Waals surface area (Å²) in [5.41, 5.74) is 7.11. The van der Waals surface area contributed by atoms with Crippen LogP contribution in [0.15, 0.2) is 41.3 Å². The molecule has 0 aromatic heterocycles. The fourth-order valence-corrected chi connectivity index (χ4v) is 3.68. The van der Waals surface area contributed by atoms with Crippen molar-refractivity contribution >= 4 is 55.6 Å². The molecule has 0 fully saturated rings. The summed E-state index contributed by atoms with van der Waals surface area (Å²) in [6.07, 6.45) is 0. The van der Waals surface area contributed by atoms with Crippen molar-refractivity contribution in [2.24, 2.45) is 0 Å². The van der Waals surface area contributed by atoms with E-state index in [-0.39, 0.29) is 10.6 Å². The Morgan fingerprint density at radius 3 is 2.50 bits per heavy atom. The van der Waals surface area contributed by atoms with Crippen LogP contribution in [0.4, 0.5) is 11.4 Å². The molecule has 2 rings (SSSR count). The molecule has 0 amide bonds. The van der Waals surface area contributed by atoms with Gasteiger partial charge in [0, 0.05) is 3.57 Å². The zero-order valence-corrected chi connectivity index (χ0v) is 14.3. The van der Waals surface area contributed by atoms with Crippen LogP contribution in [0.5, 0.6) is 0 Å². The smallest absolute Gasteiger partial charge is 0.262 e. The van der Waals surface area contributed by atoms with E-state index in [2.05, 4.69) is 27.3 Å². The molecule has 2 aromatic rings. The molecule has 0 aliphatic heterocycles. The highest BCUT2D eigenvalue weighted by Gasteiger charge is 2.17. The maximum Gasteiger partial charge on any atom is 0.262 e. The van der Waals surface area contributed by atoms with Gasteiger partial charge >= 0.3 is 0 Å². The van der Waals surface area contributed by atoms with Crippen LogP contribution < -0.4 is 10.5 Å². The van der Waals surface area contributed by atoms with Crippen molar-refractivity contribution in [1.82, 2.24) is 0 Å². The number of hydrogen-bond donors (Lipinski definition) is 2. The van der Waals surface area contributed by atoms with Crippen molar-refractivity contribution in [2.75, 3.05) is 10.5 Å². The average molecular weight is 423 g/mol. The van der Waals surface area contributed by atoms with Crippen LogP contribution >= 0.6 is 34.2 Å². The van der Waals surface area contributed by atoms with E-state index in [1.807, 2.05) is 12.1 Å². The summed E-state index contributed by atoms with van der Waals surface area (Å²) >= 11 is 8.01. The van der Waals surface area contributed by atoms with Gasteiger partial charge in [0.25, 0.3) is 10.0 Å². The van der Waals surface area contributed by atoms with Gasteiger partial charge in [-0.25, -0.2) is 8.42 Å². The molecule has 0 heterocycles. The van der Waals surface area contributed by atoms with E-state index in [1.54, 1.807) is 19.1 Å². The topological polar surface area (TPSA) is 72.2 Å². The van der Waals surface area contributed by atoms with Gasteiger partial charge in [0.1, 0.15) is 0 Å². The Labute approximate surface area is 136 Å². The number of sulfonamides is 1. The third-order valence-electron chi connectivity index (χ3n) is 2.68. The zero-order valence-electron chi connectivity index (χ0n) is 10.5. The number of aryl methyl sites for hydroxylation is 1. The lowest BCUT2D eigenvalue weighted by Crippen LogP contribution is -2.14. The summed E-state index contributed by atoms with van der Waals surface area (Å²) in [7, 11) is -3.69. The second kappa shape index (κ2) is 5.79. The number of rotatable bonds is 3. The van der Waals surface area contributed by atoms with E-state index < -0.39 is 10.0 Å². The molecule has 2 aromatic carbocycles. The van der Waals surface area contributed by atoms with Crippen molar-refractivity contribution in [3.8, 4) is 0 Å². The highest BCUT2D eigenvalue weighted by atomic mass is 127. The van der Waals surface area contributed by atoms with Crippen LogP contribution in [0.1, 0.15) is 5.56 Å². The maximum absolute atomic E-state index is 12.4. The molecule has 0 saturated heterocycles. The van der Waals surface area contributed by atoms with E-state index in [9.17, 15) is 8.42 Å². The van der Waals surface area contributed by atoms with Gasteiger partial charge in [-0.15, -0.1) is 0 Å². The summed E-state index contributed by atoms with van der Waals surface area (Å²) < 4.78 is 28.1. The number of nitrogen functional groups attached to an aromatic ring is 1. The van der Waals surface area contributed by atoms with Gasteiger partial charge in [0.15, 0.2) is 0 Å². The molecule has 20 heavy (non-hydrogen) atoms. The first-order valence-corrected chi connectivity index (χ1v) is 8.58. The van der Waals surface area contributed by atoms with Crippen LogP contribution in [0.25, 0.3) is 0 Å². The molecular formula is C13H12ClIN2O2S. The van der Waals surface area contributed by atoms with Crippen LogP contribution in [0.3, 0.4) is 0 Å². The number of nitrogens with one attached hydrogen (secondary N) is 1. The summed E-state index contributed by atoms with van der Waals surface area (Å²) in [6.45, 7) is 1.71. The molecule has 0 spiro atoms. The Kier molecular flexibility index (Phi) is 4.46. The highest BCUT2D eigenvalue weighted by Crippen LogP contribution is 2.28. The first-order valence-electron chi connectivity index (χ1n) is 5.64. The molecule has 4 nitrogen and oxygen atoms in total. The lowest BCUT2D eigenvalue weighted by molar-refractivity contribution is 0.601. The van der Waals surface area contributed by atoms with Crippen LogP contribution in [0.2, 0.25) is 5.02 Å². The minimum absolute atomic E-state index is 0.0940. The molecule has 0 radical (unpaired) electrons. The van der Waals surface area contributed by atoms with Crippen molar-refractivity contribution < 1.29 is 8.42 Å². The largest absolute Gasteiger partial charge is 0.397 e. The number of halogens is 2. The molecule has 0 unspecified atom stereocenters. The van der Waals surface area contributed by atoms with Crippen LogP contribution in [-0.4, -0.2) is 8.42 Å². The van der Waals surface area contributed by atoms with Crippen molar-refractivity contribution in [1.29, 1.82) is 0 Å². The van der Waals surface area contributed by atoms with Crippen molar-refractivity contribution in [3.63, 3.8) is 0 Å². The minimum Gasteiger partial charge on any atom is -0.397 e. The summed E-state index contributed by atoms with van der Waals surface area (Å²) in [4.78, 5) is 0.0940. The average Bonchev–Trinajstić information content (AvgIpc) is 2.38. The van der Waals surface area contributed by atoms with Crippen LogP contribution in [-0.2, 0) is 10.0 Å². The molecular weight excluding hydrogens is 411 g/mol. The van der Waals surface area contributed by atoms with Gasteiger partial charge in [-0.2, -0.15) is 0 Å². The second-order valence-corrected chi connectivity index (χ2v) is 7.45. The molecule has 0 aliphatic carbocycles. The standard InChI is InChI=1S/C13H12ClIN2O2S/c1-8-6-9(7-11(16)13(8)14)20(18,19)17-12-5-3-2-4-10(12)15/h2-7,17H,16H2,1H3. The number of anilines is 2. The monoisotopic (exact) mass is 422 g/mol. The summed E-state index contributed by atoms with van der Waals surface area (Å²) in [6, 6.07) is 9.97. The number of nitrogens with two attached hydrogens (primary N) is 1. The lowest BCUT2D eigenvalue weighted by Gasteiger charge is -2.12. The van der Waals surface area contributed by atoms with Gasteiger partial charge in [-0.1, -0.05) is 23.7 Å². The molecule has 0 bridgehead atoms. The number of benzene rings is 2. The van der Waals surface area contributed by atoms with Gasteiger partial charge in [0.2, 0.25) is 0 Å². The van der Waals surface area contributed by atoms with Crippen LogP contribution in [0, 0.1) is 10.5 Å². The van der Waals surface area contributed by atoms with E-state index in [0.29, 0.717) is 16.3 Å². The van der Waals surface area contributed by atoms with Crippen molar-refractivity contribution in [3.05, 3.63) is 50.6 Å².